The summed E-state index contributed by atoms with van der Waals surface area (Å²) >= 11 is 0. The maximum atomic E-state index is 4.42. The molecule has 6 nitrogen and oxygen atoms in total. The van der Waals surface area contributed by atoms with Crippen LogP contribution in [0.2, 0.25) is 0 Å². The Morgan fingerprint density at radius 3 is 2.52 bits per heavy atom. The molecule has 1 aromatic carbocycles. The summed E-state index contributed by atoms with van der Waals surface area (Å²) in [5.74, 6) is 0.988. The predicted octanol–water partition coefficient (Wildman–Crippen LogP) is 1.89. The van der Waals surface area contributed by atoms with Gasteiger partial charge in [0.15, 0.2) is 5.96 Å². The fourth-order valence-corrected chi connectivity index (χ4v) is 3.01. The Morgan fingerprint density at radius 1 is 1.12 bits per heavy atom. The molecule has 1 aliphatic rings. The summed E-state index contributed by atoms with van der Waals surface area (Å²) in [5, 5.41) is 7.66. The van der Waals surface area contributed by atoms with Gasteiger partial charge < -0.3 is 10.2 Å². The molecular formula is C18H27IN6. The lowest BCUT2D eigenvalue weighted by atomic mass is 10.2. The van der Waals surface area contributed by atoms with Crippen molar-refractivity contribution in [3.8, 4) is 0 Å². The first-order valence-corrected chi connectivity index (χ1v) is 8.54. The fourth-order valence-electron chi connectivity index (χ4n) is 3.01. The normalized spacial score (nSPS) is 15.7. The topological polar surface area (TPSA) is 48.7 Å². The molecule has 0 bridgehead atoms. The van der Waals surface area contributed by atoms with E-state index in [0.717, 1.165) is 51.8 Å². The number of aliphatic imine (C=N–C) groups is 1. The van der Waals surface area contributed by atoms with Crippen molar-refractivity contribution in [1.29, 1.82) is 0 Å². The molecule has 0 aliphatic carbocycles. The average molecular weight is 454 g/mol. The summed E-state index contributed by atoms with van der Waals surface area (Å²) in [6.45, 7) is 6.85. The summed E-state index contributed by atoms with van der Waals surface area (Å²) in [6.07, 6.45) is 3.79. The third-order valence-corrected chi connectivity index (χ3v) is 4.32. The van der Waals surface area contributed by atoms with Gasteiger partial charge in [-0.3, -0.25) is 14.6 Å². The van der Waals surface area contributed by atoms with Crippen LogP contribution in [0.1, 0.15) is 5.56 Å². The van der Waals surface area contributed by atoms with Gasteiger partial charge in [0.2, 0.25) is 0 Å². The van der Waals surface area contributed by atoms with Crippen molar-refractivity contribution >= 4 is 29.9 Å². The number of nitrogens with zero attached hydrogens (tertiary/aromatic N) is 5. The maximum Gasteiger partial charge on any atom is 0.193 e. The van der Waals surface area contributed by atoms with E-state index >= 15 is 0 Å². The second-order valence-electron chi connectivity index (χ2n) is 5.99. The second-order valence-corrected chi connectivity index (χ2v) is 5.99. The molecule has 1 saturated heterocycles. The van der Waals surface area contributed by atoms with Crippen LogP contribution in [0.5, 0.6) is 0 Å². The van der Waals surface area contributed by atoms with Crippen molar-refractivity contribution in [2.45, 2.75) is 13.1 Å². The van der Waals surface area contributed by atoms with Crippen molar-refractivity contribution < 1.29 is 0 Å². The zero-order valence-electron chi connectivity index (χ0n) is 14.7. The zero-order valence-corrected chi connectivity index (χ0v) is 17.0. The summed E-state index contributed by atoms with van der Waals surface area (Å²) in [6, 6.07) is 12.6. The van der Waals surface area contributed by atoms with Gasteiger partial charge >= 0.3 is 0 Å². The van der Waals surface area contributed by atoms with Gasteiger partial charge in [-0.15, -0.1) is 24.0 Å². The minimum atomic E-state index is 0. The second kappa shape index (κ2) is 10.4. The molecule has 3 rings (SSSR count). The first kappa shape index (κ1) is 19.7. The first-order valence-electron chi connectivity index (χ1n) is 8.54. The van der Waals surface area contributed by atoms with E-state index in [4.69, 9.17) is 0 Å². The fraction of sp³-hybridized carbons (Fsp3) is 0.444. The Morgan fingerprint density at radius 2 is 1.88 bits per heavy atom. The van der Waals surface area contributed by atoms with Crippen molar-refractivity contribution in [1.82, 2.24) is 24.9 Å². The highest BCUT2D eigenvalue weighted by Gasteiger charge is 2.19. The molecule has 0 atom stereocenters. The molecule has 0 radical (unpaired) electrons. The maximum absolute atomic E-state index is 4.42. The summed E-state index contributed by atoms with van der Waals surface area (Å²) in [7, 11) is 1.85. The number of aromatic nitrogens is 2. The number of halogens is 1. The van der Waals surface area contributed by atoms with Crippen LogP contribution in [-0.4, -0.2) is 65.3 Å². The number of rotatable bonds is 5. The molecule has 0 spiro atoms. The number of benzene rings is 1. The summed E-state index contributed by atoms with van der Waals surface area (Å²) in [5.41, 5.74) is 1.38. The molecule has 2 heterocycles. The van der Waals surface area contributed by atoms with Gasteiger partial charge in [-0.05, 0) is 11.6 Å². The minimum absolute atomic E-state index is 0. The van der Waals surface area contributed by atoms with Gasteiger partial charge in [0, 0.05) is 58.7 Å². The highest BCUT2D eigenvalue weighted by atomic mass is 127. The highest BCUT2D eigenvalue weighted by Crippen LogP contribution is 2.08. The monoisotopic (exact) mass is 454 g/mol. The molecule has 1 fully saturated rings. The van der Waals surface area contributed by atoms with Gasteiger partial charge in [0.05, 0.1) is 6.54 Å². The van der Waals surface area contributed by atoms with Crippen molar-refractivity contribution in [2.24, 2.45) is 4.99 Å². The van der Waals surface area contributed by atoms with E-state index in [9.17, 15) is 0 Å². The van der Waals surface area contributed by atoms with E-state index in [1.165, 1.54) is 5.56 Å². The van der Waals surface area contributed by atoms with Crippen molar-refractivity contribution in [3.63, 3.8) is 0 Å². The van der Waals surface area contributed by atoms with Crippen LogP contribution in [0, 0.1) is 0 Å². The molecule has 2 aromatic rings. The highest BCUT2D eigenvalue weighted by molar-refractivity contribution is 14.0. The lowest BCUT2D eigenvalue weighted by Crippen LogP contribution is -2.52. The Balaban J connectivity index is 0.00000225. The van der Waals surface area contributed by atoms with Gasteiger partial charge in [-0.2, -0.15) is 5.10 Å². The zero-order chi connectivity index (χ0) is 16.6. The van der Waals surface area contributed by atoms with E-state index in [0.29, 0.717) is 0 Å². The third kappa shape index (κ3) is 6.00. The minimum Gasteiger partial charge on any atom is -0.354 e. The van der Waals surface area contributed by atoms with Crippen LogP contribution in [0.15, 0.2) is 53.8 Å². The molecule has 25 heavy (non-hydrogen) atoms. The number of nitrogens with one attached hydrogen (secondary N) is 1. The molecular weight excluding hydrogens is 427 g/mol. The van der Waals surface area contributed by atoms with Crippen LogP contribution in [0.3, 0.4) is 0 Å². The summed E-state index contributed by atoms with van der Waals surface area (Å²) in [4.78, 5) is 9.26. The van der Waals surface area contributed by atoms with E-state index in [-0.39, 0.29) is 24.0 Å². The van der Waals surface area contributed by atoms with E-state index in [1.54, 1.807) is 6.20 Å². The largest absolute Gasteiger partial charge is 0.354 e. The van der Waals surface area contributed by atoms with Crippen LogP contribution in [0.4, 0.5) is 0 Å². The smallest absolute Gasteiger partial charge is 0.193 e. The van der Waals surface area contributed by atoms with E-state index in [2.05, 4.69) is 55.5 Å². The molecule has 1 N–H and O–H groups in total. The van der Waals surface area contributed by atoms with Gasteiger partial charge in [-0.25, -0.2) is 0 Å². The Kier molecular flexibility index (Phi) is 8.20. The number of piperazine rings is 1. The van der Waals surface area contributed by atoms with Crippen LogP contribution < -0.4 is 5.32 Å². The molecule has 1 aromatic heterocycles. The Bertz CT molecular complexity index is 620. The number of guanidine groups is 1. The molecule has 136 valence electrons. The predicted molar refractivity (Wildman–Crippen MR) is 112 cm³/mol. The molecule has 0 amide bonds. The lowest BCUT2D eigenvalue weighted by molar-refractivity contribution is 0.172. The SMILES string of the molecule is CN=C(NCCn1cccn1)N1CCN(Cc2ccccc2)CC1.I. The Labute approximate surface area is 166 Å². The number of hydrogen-bond acceptors (Lipinski definition) is 3. The van der Waals surface area contributed by atoms with Crippen LogP contribution in [-0.2, 0) is 13.1 Å². The van der Waals surface area contributed by atoms with Gasteiger partial charge in [0.1, 0.15) is 0 Å². The van der Waals surface area contributed by atoms with E-state index in [1.807, 2.05) is 24.0 Å². The Hall–Kier alpha value is -1.61. The molecule has 0 saturated carbocycles. The van der Waals surface area contributed by atoms with Crippen molar-refractivity contribution in [3.05, 3.63) is 54.4 Å². The number of hydrogen-bond donors (Lipinski definition) is 1. The van der Waals surface area contributed by atoms with Gasteiger partial charge in [0.25, 0.3) is 0 Å². The van der Waals surface area contributed by atoms with Gasteiger partial charge in [-0.1, -0.05) is 30.3 Å². The third-order valence-electron chi connectivity index (χ3n) is 4.32. The quantitative estimate of drug-likeness (QED) is 0.426. The molecule has 7 heteroatoms. The average Bonchev–Trinajstić information content (AvgIpc) is 3.14. The van der Waals surface area contributed by atoms with Crippen LogP contribution >= 0.6 is 24.0 Å². The lowest BCUT2D eigenvalue weighted by Gasteiger charge is -2.36. The van der Waals surface area contributed by atoms with Crippen molar-refractivity contribution in [2.75, 3.05) is 39.8 Å². The molecule has 0 unspecified atom stereocenters. The standard InChI is InChI=1S/C18H26N6.HI/c1-19-18(20-9-11-24-10-5-8-21-24)23-14-12-22(13-15-23)16-17-6-3-2-4-7-17;/h2-8,10H,9,11-16H2,1H3,(H,19,20);1H. The summed E-state index contributed by atoms with van der Waals surface area (Å²) < 4.78 is 1.93. The van der Waals surface area contributed by atoms with Crippen LogP contribution in [0.25, 0.3) is 0 Å². The molecule has 1 aliphatic heterocycles. The van der Waals surface area contributed by atoms with E-state index < -0.39 is 0 Å². The first-order chi connectivity index (χ1) is 11.8.